The molecule has 0 unspecified atom stereocenters. The van der Waals surface area contributed by atoms with Crippen molar-refractivity contribution in [2.75, 3.05) is 0 Å². The van der Waals surface area contributed by atoms with E-state index in [2.05, 4.69) is 5.18 Å². The van der Waals surface area contributed by atoms with E-state index in [9.17, 15) is 9.70 Å². The Balaban J connectivity index is 4.36. The zero-order chi connectivity index (χ0) is 8.36. The second-order valence-electron chi connectivity index (χ2n) is 3.21. The molecule has 0 radical (unpaired) electrons. The highest BCUT2D eigenvalue weighted by Crippen LogP contribution is 2.21. The van der Waals surface area contributed by atoms with Gasteiger partial charge in [-0.1, -0.05) is 25.9 Å². The number of hydrogen-bond acceptors (Lipinski definition) is 3. The van der Waals surface area contributed by atoms with Gasteiger partial charge in [0.15, 0.2) is 6.04 Å². The maximum atomic E-state index is 10.3. The Hall–Kier alpha value is -0.930. The van der Waals surface area contributed by atoms with Gasteiger partial charge in [0.1, 0.15) is 0 Å². The van der Waals surface area contributed by atoms with E-state index in [1.54, 1.807) is 20.8 Å². The lowest BCUT2D eigenvalue weighted by atomic mass is 9.87. The standard InChI is InChI=1S/C6H11NO3/c1-6(2,3)4(7-10)5(8)9/h4H,1-3H3,(H,8,9)/t4-/m1/s1. The lowest BCUT2D eigenvalue weighted by molar-refractivity contribution is -0.140. The van der Waals surface area contributed by atoms with Gasteiger partial charge in [0.05, 0.1) is 0 Å². The molecule has 0 rings (SSSR count). The molecule has 10 heavy (non-hydrogen) atoms. The van der Waals surface area contributed by atoms with Crippen LogP contribution in [0.2, 0.25) is 0 Å². The first-order valence-electron chi connectivity index (χ1n) is 2.95. The number of nitrogens with zero attached hydrogens (tertiary/aromatic N) is 1. The van der Waals surface area contributed by atoms with Crippen LogP contribution >= 0.6 is 0 Å². The third-order valence-corrected chi connectivity index (χ3v) is 1.16. The molecule has 0 saturated carbocycles. The number of carboxylic acid groups (broad SMARTS) is 1. The van der Waals surface area contributed by atoms with Gasteiger partial charge < -0.3 is 5.11 Å². The topological polar surface area (TPSA) is 66.7 Å². The Bertz CT molecular complexity index is 148. The summed E-state index contributed by atoms with van der Waals surface area (Å²) in [6.07, 6.45) is 0. The highest BCUT2D eigenvalue weighted by Gasteiger charge is 2.32. The second-order valence-corrected chi connectivity index (χ2v) is 3.21. The van der Waals surface area contributed by atoms with Crippen LogP contribution in [0.15, 0.2) is 5.18 Å². The van der Waals surface area contributed by atoms with Gasteiger partial charge in [0.25, 0.3) is 0 Å². The zero-order valence-corrected chi connectivity index (χ0v) is 6.29. The fourth-order valence-corrected chi connectivity index (χ4v) is 0.574. The smallest absolute Gasteiger partial charge is 0.332 e. The average molecular weight is 145 g/mol. The highest BCUT2D eigenvalue weighted by atomic mass is 16.4. The van der Waals surface area contributed by atoms with Crippen LogP contribution < -0.4 is 0 Å². The van der Waals surface area contributed by atoms with Crippen molar-refractivity contribution in [3.05, 3.63) is 4.91 Å². The summed E-state index contributed by atoms with van der Waals surface area (Å²) in [6, 6.07) is -1.15. The van der Waals surface area contributed by atoms with Gasteiger partial charge in [0.2, 0.25) is 0 Å². The molecule has 0 aromatic rings. The third-order valence-electron chi connectivity index (χ3n) is 1.16. The van der Waals surface area contributed by atoms with E-state index in [4.69, 9.17) is 5.11 Å². The summed E-state index contributed by atoms with van der Waals surface area (Å²) < 4.78 is 0. The van der Waals surface area contributed by atoms with Crippen molar-refractivity contribution in [2.45, 2.75) is 26.8 Å². The molecule has 0 fully saturated rings. The van der Waals surface area contributed by atoms with Gasteiger partial charge in [-0.25, -0.2) is 4.79 Å². The first-order chi connectivity index (χ1) is 4.39. The largest absolute Gasteiger partial charge is 0.480 e. The monoisotopic (exact) mass is 145 g/mol. The molecular formula is C6H11NO3. The Kier molecular flexibility index (Phi) is 2.51. The number of aliphatic carboxylic acids is 1. The van der Waals surface area contributed by atoms with E-state index in [-0.39, 0.29) is 0 Å². The quantitative estimate of drug-likeness (QED) is 0.594. The van der Waals surface area contributed by atoms with Crippen LogP contribution in [-0.2, 0) is 4.79 Å². The van der Waals surface area contributed by atoms with Crippen molar-refractivity contribution in [3.8, 4) is 0 Å². The molecule has 0 heterocycles. The van der Waals surface area contributed by atoms with Crippen LogP contribution in [0.3, 0.4) is 0 Å². The average Bonchev–Trinajstić information content (AvgIpc) is 1.60. The Morgan fingerprint density at radius 1 is 1.50 bits per heavy atom. The third kappa shape index (κ3) is 2.13. The van der Waals surface area contributed by atoms with Crippen molar-refractivity contribution in [1.82, 2.24) is 0 Å². The van der Waals surface area contributed by atoms with Crippen molar-refractivity contribution in [2.24, 2.45) is 10.6 Å². The number of nitroso groups, excluding NO2 is 1. The summed E-state index contributed by atoms with van der Waals surface area (Å²) in [4.78, 5) is 20.2. The number of carboxylic acids is 1. The van der Waals surface area contributed by atoms with Crippen molar-refractivity contribution >= 4 is 5.97 Å². The lowest BCUT2D eigenvalue weighted by Crippen LogP contribution is -2.31. The van der Waals surface area contributed by atoms with Crippen LogP contribution in [0.25, 0.3) is 0 Å². The molecule has 1 N–H and O–H groups in total. The summed E-state index contributed by atoms with van der Waals surface area (Å²) in [6.45, 7) is 4.98. The molecule has 58 valence electrons. The predicted molar refractivity (Wildman–Crippen MR) is 36.7 cm³/mol. The van der Waals surface area contributed by atoms with Crippen LogP contribution in [0, 0.1) is 10.3 Å². The van der Waals surface area contributed by atoms with Gasteiger partial charge >= 0.3 is 5.97 Å². The molecule has 0 bridgehead atoms. The molecule has 1 atom stereocenters. The summed E-state index contributed by atoms with van der Waals surface area (Å²) in [5.74, 6) is -1.16. The van der Waals surface area contributed by atoms with Crippen molar-refractivity contribution < 1.29 is 9.90 Å². The highest BCUT2D eigenvalue weighted by molar-refractivity contribution is 5.74. The molecule has 0 aromatic heterocycles. The zero-order valence-electron chi connectivity index (χ0n) is 6.29. The molecule has 0 aliphatic carbocycles. The molecule has 4 heteroatoms. The summed E-state index contributed by atoms with van der Waals surface area (Å²) in [7, 11) is 0. The van der Waals surface area contributed by atoms with Crippen molar-refractivity contribution in [3.63, 3.8) is 0 Å². The fourth-order valence-electron chi connectivity index (χ4n) is 0.574. The van der Waals surface area contributed by atoms with E-state index in [1.165, 1.54) is 0 Å². The number of rotatable bonds is 2. The molecule has 0 aromatic carbocycles. The van der Waals surface area contributed by atoms with Gasteiger partial charge in [-0.05, 0) is 5.41 Å². The minimum atomic E-state index is -1.16. The molecule has 0 saturated heterocycles. The van der Waals surface area contributed by atoms with Crippen molar-refractivity contribution in [1.29, 1.82) is 0 Å². The minimum Gasteiger partial charge on any atom is -0.480 e. The Morgan fingerprint density at radius 3 is 1.90 bits per heavy atom. The maximum Gasteiger partial charge on any atom is 0.332 e. The fraction of sp³-hybridized carbons (Fsp3) is 0.833. The van der Waals surface area contributed by atoms with Gasteiger partial charge in [-0.3, -0.25) is 0 Å². The molecule has 0 aliphatic heterocycles. The van der Waals surface area contributed by atoms with Crippen LogP contribution in [0.5, 0.6) is 0 Å². The predicted octanol–water partition coefficient (Wildman–Crippen LogP) is 1.25. The van der Waals surface area contributed by atoms with Crippen LogP contribution in [-0.4, -0.2) is 17.1 Å². The van der Waals surface area contributed by atoms with E-state index in [0.717, 1.165) is 0 Å². The number of carbonyl (C=O) groups is 1. The minimum absolute atomic E-state index is 0.590. The van der Waals surface area contributed by atoms with Crippen LogP contribution in [0.1, 0.15) is 20.8 Å². The van der Waals surface area contributed by atoms with Gasteiger partial charge in [-0.15, -0.1) is 4.91 Å². The first-order valence-corrected chi connectivity index (χ1v) is 2.95. The van der Waals surface area contributed by atoms with E-state index in [1.807, 2.05) is 0 Å². The Labute approximate surface area is 59.2 Å². The number of hydrogen-bond donors (Lipinski definition) is 1. The molecule has 0 amide bonds. The SMILES string of the molecule is CC(C)(C)[C@H](N=O)C(=O)O. The second kappa shape index (κ2) is 2.77. The normalized spacial score (nSPS) is 14.3. The van der Waals surface area contributed by atoms with E-state index < -0.39 is 17.4 Å². The van der Waals surface area contributed by atoms with Crippen LogP contribution in [0.4, 0.5) is 0 Å². The molecular weight excluding hydrogens is 134 g/mol. The summed E-state index contributed by atoms with van der Waals surface area (Å²) >= 11 is 0. The van der Waals surface area contributed by atoms with E-state index in [0.29, 0.717) is 0 Å². The van der Waals surface area contributed by atoms with E-state index >= 15 is 0 Å². The summed E-state index contributed by atoms with van der Waals surface area (Å²) in [5.41, 5.74) is -0.590. The maximum absolute atomic E-state index is 10.3. The molecule has 0 spiro atoms. The Morgan fingerprint density at radius 2 is 1.90 bits per heavy atom. The summed E-state index contributed by atoms with van der Waals surface area (Å²) in [5, 5.41) is 10.9. The molecule has 4 nitrogen and oxygen atoms in total. The molecule has 0 aliphatic rings. The first kappa shape index (κ1) is 9.07. The van der Waals surface area contributed by atoms with Gasteiger partial charge in [0, 0.05) is 0 Å². The lowest BCUT2D eigenvalue weighted by Gasteiger charge is -2.19. The van der Waals surface area contributed by atoms with Gasteiger partial charge in [-0.2, -0.15) is 0 Å².